The molecule has 1 aliphatic rings. The van der Waals surface area contributed by atoms with Crippen molar-refractivity contribution >= 4 is 11.9 Å². The van der Waals surface area contributed by atoms with Gasteiger partial charge in [-0.25, -0.2) is 4.79 Å². The van der Waals surface area contributed by atoms with Crippen molar-refractivity contribution in [1.82, 2.24) is 10.6 Å². The highest BCUT2D eigenvalue weighted by Gasteiger charge is 2.22. The molecule has 0 saturated carbocycles. The highest BCUT2D eigenvalue weighted by molar-refractivity contribution is 5.94. The molecule has 0 fully saturated rings. The number of carbonyl (C=O) groups is 2. The zero-order valence-electron chi connectivity index (χ0n) is 12.7. The predicted molar refractivity (Wildman–Crippen MR) is 81.0 cm³/mol. The molecule has 114 valence electrons. The van der Waals surface area contributed by atoms with Gasteiger partial charge in [0.15, 0.2) is 6.54 Å². The van der Waals surface area contributed by atoms with Crippen LogP contribution in [-0.4, -0.2) is 31.1 Å². The van der Waals surface area contributed by atoms with Gasteiger partial charge in [-0.05, 0) is 18.9 Å². The number of rotatable bonds is 4. The standard InChI is InChI=1S/C16H23N3O2/c1-3-12(2)17-16(21)18-15(20)11-19-9-8-13-6-4-5-7-14(13)10-19/h4-7,12H,3,8-11H2,1-2H3,(H2,17,18,20,21)/p+1/t12-/m0/s1. The van der Waals surface area contributed by atoms with Crippen molar-refractivity contribution in [1.29, 1.82) is 0 Å². The van der Waals surface area contributed by atoms with E-state index in [-0.39, 0.29) is 11.9 Å². The number of imide groups is 1. The second kappa shape index (κ2) is 7.22. The van der Waals surface area contributed by atoms with E-state index in [0.29, 0.717) is 6.54 Å². The van der Waals surface area contributed by atoms with Crippen molar-refractivity contribution in [3.8, 4) is 0 Å². The number of hydrogen-bond donors (Lipinski definition) is 3. The first-order valence-electron chi connectivity index (χ1n) is 7.59. The molecule has 0 aliphatic carbocycles. The largest absolute Gasteiger partial charge is 0.335 e. The summed E-state index contributed by atoms with van der Waals surface area (Å²) >= 11 is 0. The molecule has 2 rings (SSSR count). The third kappa shape index (κ3) is 4.56. The molecule has 0 saturated heterocycles. The molecule has 5 heteroatoms. The van der Waals surface area contributed by atoms with Crippen LogP contribution in [-0.2, 0) is 17.8 Å². The molecule has 2 atom stereocenters. The van der Waals surface area contributed by atoms with Crippen molar-refractivity contribution in [2.24, 2.45) is 0 Å². The SMILES string of the molecule is CC[C@H](C)NC(=O)NC(=O)C[NH+]1CCc2ccccc2C1. The summed E-state index contributed by atoms with van der Waals surface area (Å²) in [5, 5.41) is 5.14. The number of fused-ring (bicyclic) bond motifs is 1. The lowest BCUT2D eigenvalue weighted by Gasteiger charge is -2.25. The molecule has 0 radical (unpaired) electrons. The number of hydrogen-bond acceptors (Lipinski definition) is 2. The van der Waals surface area contributed by atoms with Gasteiger partial charge in [-0.3, -0.25) is 10.1 Å². The number of benzene rings is 1. The molecule has 1 unspecified atom stereocenters. The van der Waals surface area contributed by atoms with Crippen LogP contribution in [0.25, 0.3) is 0 Å². The Kier molecular flexibility index (Phi) is 5.33. The second-order valence-electron chi connectivity index (χ2n) is 5.70. The summed E-state index contributed by atoms with van der Waals surface area (Å²) in [6, 6.07) is 8.02. The van der Waals surface area contributed by atoms with Gasteiger partial charge in [0.2, 0.25) is 0 Å². The molecule has 0 spiro atoms. The zero-order chi connectivity index (χ0) is 15.2. The van der Waals surface area contributed by atoms with Crippen molar-refractivity contribution in [3.63, 3.8) is 0 Å². The predicted octanol–water partition coefficient (Wildman–Crippen LogP) is 0.252. The van der Waals surface area contributed by atoms with E-state index in [1.165, 1.54) is 16.0 Å². The van der Waals surface area contributed by atoms with E-state index in [1.54, 1.807) is 0 Å². The molecule has 0 bridgehead atoms. The van der Waals surface area contributed by atoms with Crippen molar-refractivity contribution in [2.45, 2.75) is 39.3 Å². The minimum atomic E-state index is -0.397. The lowest BCUT2D eigenvalue weighted by atomic mass is 10.00. The van der Waals surface area contributed by atoms with Crippen LogP contribution in [0.3, 0.4) is 0 Å². The molecule has 3 amide bonds. The number of urea groups is 1. The van der Waals surface area contributed by atoms with Gasteiger partial charge in [-0.15, -0.1) is 0 Å². The molecule has 1 aromatic rings. The summed E-state index contributed by atoms with van der Waals surface area (Å²) in [5.74, 6) is -0.217. The fourth-order valence-electron chi connectivity index (χ4n) is 2.55. The maximum Gasteiger partial charge on any atom is 0.321 e. The molecule has 3 N–H and O–H groups in total. The van der Waals surface area contributed by atoms with E-state index in [4.69, 9.17) is 0 Å². The first-order chi connectivity index (χ1) is 10.1. The maximum absolute atomic E-state index is 11.9. The molecular weight excluding hydrogens is 266 g/mol. The minimum absolute atomic E-state index is 0.0759. The number of carbonyl (C=O) groups excluding carboxylic acids is 2. The average molecular weight is 290 g/mol. The topological polar surface area (TPSA) is 62.6 Å². The number of quaternary nitrogens is 1. The van der Waals surface area contributed by atoms with Crippen LogP contribution < -0.4 is 15.5 Å². The molecule has 1 heterocycles. The monoisotopic (exact) mass is 290 g/mol. The third-order valence-electron chi connectivity index (χ3n) is 3.96. The van der Waals surface area contributed by atoms with Gasteiger partial charge >= 0.3 is 6.03 Å². The molecule has 5 nitrogen and oxygen atoms in total. The van der Waals surface area contributed by atoms with Gasteiger partial charge in [0.05, 0.1) is 6.54 Å². The highest BCUT2D eigenvalue weighted by Crippen LogP contribution is 2.10. The van der Waals surface area contributed by atoms with Crippen LogP contribution in [0.1, 0.15) is 31.4 Å². The van der Waals surface area contributed by atoms with Crippen molar-refractivity contribution in [3.05, 3.63) is 35.4 Å². The molecular formula is C16H24N3O2+. The summed E-state index contributed by atoms with van der Waals surface area (Å²) in [6.45, 7) is 6.01. The Bertz CT molecular complexity index is 516. The van der Waals surface area contributed by atoms with Gasteiger partial charge in [0.25, 0.3) is 5.91 Å². The van der Waals surface area contributed by atoms with Crippen molar-refractivity contribution < 1.29 is 14.5 Å². The maximum atomic E-state index is 11.9. The summed E-state index contributed by atoms with van der Waals surface area (Å²) in [6.07, 6.45) is 1.83. The Hall–Kier alpha value is -1.88. The summed E-state index contributed by atoms with van der Waals surface area (Å²) in [5.41, 5.74) is 2.67. The average Bonchev–Trinajstić information content (AvgIpc) is 2.46. The number of nitrogens with one attached hydrogen (secondary N) is 3. The van der Waals surface area contributed by atoms with Gasteiger partial charge in [0.1, 0.15) is 6.54 Å². The highest BCUT2D eigenvalue weighted by atomic mass is 16.2. The Morgan fingerprint density at radius 3 is 2.71 bits per heavy atom. The van der Waals surface area contributed by atoms with E-state index in [9.17, 15) is 9.59 Å². The third-order valence-corrected chi connectivity index (χ3v) is 3.96. The lowest BCUT2D eigenvalue weighted by Crippen LogP contribution is -3.13. The van der Waals surface area contributed by atoms with E-state index in [0.717, 1.165) is 25.9 Å². The van der Waals surface area contributed by atoms with Crippen LogP contribution in [0.4, 0.5) is 4.79 Å². The zero-order valence-corrected chi connectivity index (χ0v) is 12.7. The van der Waals surface area contributed by atoms with Gasteiger partial charge in [-0.2, -0.15) is 0 Å². The van der Waals surface area contributed by atoms with E-state index < -0.39 is 6.03 Å². The van der Waals surface area contributed by atoms with Gasteiger partial charge in [0, 0.05) is 18.0 Å². The lowest BCUT2D eigenvalue weighted by molar-refractivity contribution is -0.908. The van der Waals surface area contributed by atoms with Crippen LogP contribution in [0, 0.1) is 0 Å². The Morgan fingerprint density at radius 1 is 1.29 bits per heavy atom. The minimum Gasteiger partial charge on any atom is -0.335 e. The number of amides is 3. The summed E-state index contributed by atoms with van der Waals surface area (Å²) in [7, 11) is 0. The van der Waals surface area contributed by atoms with Crippen molar-refractivity contribution in [2.75, 3.05) is 13.1 Å². The smallest absolute Gasteiger partial charge is 0.321 e. The van der Waals surface area contributed by atoms with Crippen LogP contribution in [0.15, 0.2) is 24.3 Å². The Balaban J connectivity index is 1.80. The fraction of sp³-hybridized carbons (Fsp3) is 0.500. The van der Waals surface area contributed by atoms with E-state index in [1.807, 2.05) is 19.9 Å². The molecule has 0 aromatic heterocycles. The van der Waals surface area contributed by atoms with Crippen LogP contribution in [0.2, 0.25) is 0 Å². The second-order valence-corrected chi connectivity index (χ2v) is 5.70. The fourth-order valence-corrected chi connectivity index (χ4v) is 2.55. The Morgan fingerprint density at radius 2 is 2.00 bits per heavy atom. The Labute approximate surface area is 125 Å². The van der Waals surface area contributed by atoms with E-state index >= 15 is 0 Å². The summed E-state index contributed by atoms with van der Waals surface area (Å²) in [4.78, 5) is 24.7. The van der Waals surface area contributed by atoms with Gasteiger partial charge in [-0.1, -0.05) is 31.2 Å². The molecule has 21 heavy (non-hydrogen) atoms. The van der Waals surface area contributed by atoms with E-state index in [2.05, 4.69) is 28.8 Å². The molecule has 1 aromatic carbocycles. The molecule has 1 aliphatic heterocycles. The normalized spacial score (nSPS) is 18.5. The van der Waals surface area contributed by atoms with Crippen LogP contribution in [0.5, 0.6) is 0 Å². The quantitative estimate of drug-likeness (QED) is 0.744. The summed E-state index contributed by atoms with van der Waals surface area (Å²) < 4.78 is 0. The first-order valence-corrected chi connectivity index (χ1v) is 7.59. The first kappa shape index (κ1) is 15.5. The van der Waals surface area contributed by atoms with Gasteiger partial charge < -0.3 is 10.2 Å². The van der Waals surface area contributed by atoms with Crippen LogP contribution >= 0.6 is 0 Å².